The molecule has 0 aliphatic heterocycles. The zero-order chi connectivity index (χ0) is 12.1. The quantitative estimate of drug-likeness (QED) is 0.570. The fourth-order valence-electron chi connectivity index (χ4n) is 1.50. The van der Waals surface area contributed by atoms with Gasteiger partial charge in [-0.05, 0) is 23.1 Å². The molecule has 1 rings (SSSR count). The number of hydrogen-bond acceptors (Lipinski definition) is 2. The van der Waals surface area contributed by atoms with Crippen molar-refractivity contribution in [3.8, 4) is 0 Å². The first-order chi connectivity index (χ1) is 7.54. The summed E-state index contributed by atoms with van der Waals surface area (Å²) in [5.41, 5.74) is 2.23. The Morgan fingerprint density at radius 1 is 1.25 bits per heavy atom. The fourth-order valence-corrected chi connectivity index (χ4v) is 1.50. The number of rotatable bonds is 4. The Morgan fingerprint density at radius 3 is 2.12 bits per heavy atom. The summed E-state index contributed by atoms with van der Waals surface area (Å²) in [4.78, 5) is 10.9. The molecule has 0 N–H and O–H groups in total. The predicted octanol–water partition coefficient (Wildman–Crippen LogP) is 3.60. The third-order valence-electron chi connectivity index (χ3n) is 2.44. The summed E-state index contributed by atoms with van der Waals surface area (Å²) in [7, 11) is 0. The van der Waals surface area contributed by atoms with E-state index in [1.807, 2.05) is 12.1 Å². The van der Waals surface area contributed by atoms with Gasteiger partial charge in [-0.25, -0.2) is 0 Å². The van der Waals surface area contributed by atoms with Crippen LogP contribution in [0.1, 0.15) is 43.9 Å². The molecule has 16 heavy (non-hydrogen) atoms. The van der Waals surface area contributed by atoms with E-state index in [2.05, 4.69) is 32.6 Å². The van der Waals surface area contributed by atoms with Crippen molar-refractivity contribution in [3.05, 3.63) is 48.0 Å². The normalized spacial score (nSPS) is 12.2. The molecule has 2 nitrogen and oxygen atoms in total. The highest BCUT2D eigenvalue weighted by Crippen LogP contribution is 2.21. The molecule has 1 aromatic carbocycles. The Bertz CT molecular complexity index is 363. The summed E-state index contributed by atoms with van der Waals surface area (Å²) in [5, 5.41) is 0. The average molecular weight is 218 g/mol. The van der Waals surface area contributed by atoms with E-state index in [9.17, 15) is 4.79 Å². The maximum Gasteiger partial charge on any atom is 0.303 e. The minimum Gasteiger partial charge on any atom is -0.453 e. The van der Waals surface area contributed by atoms with Crippen molar-refractivity contribution in [3.63, 3.8) is 0 Å². The molecular weight excluding hydrogens is 200 g/mol. The van der Waals surface area contributed by atoms with Crippen LogP contribution in [0.25, 0.3) is 0 Å². The van der Waals surface area contributed by atoms with Crippen molar-refractivity contribution in [1.82, 2.24) is 0 Å². The Balaban J connectivity index is 2.86. The first-order valence-corrected chi connectivity index (χ1v) is 5.44. The summed E-state index contributed by atoms with van der Waals surface area (Å²) in [6.45, 7) is 9.36. The lowest BCUT2D eigenvalue weighted by Crippen LogP contribution is -2.05. The molecule has 0 saturated heterocycles. The minimum absolute atomic E-state index is 0.294. The molecule has 0 bridgehead atoms. The predicted molar refractivity (Wildman–Crippen MR) is 65.2 cm³/mol. The van der Waals surface area contributed by atoms with Crippen LogP contribution < -0.4 is 0 Å². The van der Waals surface area contributed by atoms with Crippen LogP contribution in [-0.2, 0) is 9.53 Å². The summed E-state index contributed by atoms with van der Waals surface area (Å²) < 4.78 is 5.13. The number of carbonyl (C=O) groups excluding carboxylic acids is 1. The summed E-state index contributed by atoms with van der Waals surface area (Å²) in [5.74, 6) is 0.211. The van der Waals surface area contributed by atoms with Crippen molar-refractivity contribution in [2.45, 2.75) is 32.8 Å². The van der Waals surface area contributed by atoms with E-state index in [1.165, 1.54) is 12.5 Å². The maximum absolute atomic E-state index is 10.9. The van der Waals surface area contributed by atoms with Crippen LogP contribution in [0.2, 0.25) is 0 Å². The molecule has 0 heterocycles. The molecule has 86 valence electrons. The molecule has 0 aliphatic carbocycles. The van der Waals surface area contributed by atoms with Gasteiger partial charge in [-0.15, -0.1) is 0 Å². The van der Waals surface area contributed by atoms with Gasteiger partial charge in [0.2, 0.25) is 0 Å². The second kappa shape index (κ2) is 5.50. The van der Waals surface area contributed by atoms with E-state index in [-0.39, 0.29) is 12.1 Å². The molecule has 0 fully saturated rings. The highest BCUT2D eigenvalue weighted by Gasteiger charge is 2.10. The number of benzene rings is 1. The van der Waals surface area contributed by atoms with Crippen molar-refractivity contribution < 1.29 is 9.53 Å². The van der Waals surface area contributed by atoms with Gasteiger partial charge >= 0.3 is 5.97 Å². The van der Waals surface area contributed by atoms with Crippen molar-refractivity contribution in [1.29, 1.82) is 0 Å². The third kappa shape index (κ3) is 3.23. The molecule has 1 unspecified atom stereocenters. The standard InChI is InChI=1S/C14H18O2/c1-5-14(16-11(4)15)13-8-6-12(7-9-13)10(2)3/h5-10,14H,1H2,2-4H3. The van der Waals surface area contributed by atoms with Gasteiger partial charge in [0, 0.05) is 6.92 Å². The summed E-state index contributed by atoms with van der Waals surface area (Å²) in [6.07, 6.45) is 1.28. The lowest BCUT2D eigenvalue weighted by atomic mass is 10.00. The van der Waals surface area contributed by atoms with Gasteiger partial charge in [0.15, 0.2) is 0 Å². The van der Waals surface area contributed by atoms with Crippen LogP contribution in [0.4, 0.5) is 0 Å². The highest BCUT2D eigenvalue weighted by molar-refractivity contribution is 5.66. The molecule has 0 saturated carbocycles. The summed E-state index contributed by atoms with van der Waals surface area (Å²) in [6, 6.07) is 8.06. The van der Waals surface area contributed by atoms with Crippen LogP contribution >= 0.6 is 0 Å². The minimum atomic E-state index is -0.348. The van der Waals surface area contributed by atoms with Gasteiger partial charge in [0.1, 0.15) is 6.10 Å². The maximum atomic E-state index is 10.9. The van der Waals surface area contributed by atoms with Crippen LogP contribution in [0.5, 0.6) is 0 Å². The van der Waals surface area contributed by atoms with Gasteiger partial charge in [0.05, 0.1) is 0 Å². The zero-order valence-electron chi connectivity index (χ0n) is 10.1. The third-order valence-corrected chi connectivity index (χ3v) is 2.44. The second-order valence-corrected chi connectivity index (χ2v) is 4.09. The topological polar surface area (TPSA) is 26.3 Å². The first kappa shape index (κ1) is 12.5. The van der Waals surface area contributed by atoms with E-state index < -0.39 is 0 Å². The van der Waals surface area contributed by atoms with Gasteiger partial charge in [-0.3, -0.25) is 4.79 Å². The first-order valence-electron chi connectivity index (χ1n) is 5.44. The monoisotopic (exact) mass is 218 g/mol. The lowest BCUT2D eigenvalue weighted by Gasteiger charge is -2.14. The second-order valence-electron chi connectivity index (χ2n) is 4.09. The van der Waals surface area contributed by atoms with Crippen molar-refractivity contribution >= 4 is 5.97 Å². The fraction of sp³-hybridized carbons (Fsp3) is 0.357. The average Bonchev–Trinajstić information content (AvgIpc) is 2.25. The van der Waals surface area contributed by atoms with E-state index in [1.54, 1.807) is 6.08 Å². The van der Waals surface area contributed by atoms with Gasteiger partial charge in [0.25, 0.3) is 0 Å². The van der Waals surface area contributed by atoms with E-state index >= 15 is 0 Å². The molecule has 1 aromatic rings. The number of esters is 1. The SMILES string of the molecule is C=CC(OC(C)=O)c1ccc(C(C)C)cc1. The van der Waals surface area contributed by atoms with Crippen LogP contribution in [-0.4, -0.2) is 5.97 Å². The highest BCUT2D eigenvalue weighted by atomic mass is 16.5. The Hall–Kier alpha value is -1.57. The molecule has 2 heteroatoms. The van der Waals surface area contributed by atoms with Gasteiger partial charge < -0.3 is 4.74 Å². The van der Waals surface area contributed by atoms with Gasteiger partial charge in [-0.2, -0.15) is 0 Å². The Morgan fingerprint density at radius 2 is 1.75 bits per heavy atom. The van der Waals surface area contributed by atoms with E-state index in [0.717, 1.165) is 5.56 Å². The molecule has 0 aromatic heterocycles. The molecular formula is C14H18O2. The molecule has 0 aliphatic rings. The van der Waals surface area contributed by atoms with Crippen molar-refractivity contribution in [2.75, 3.05) is 0 Å². The zero-order valence-corrected chi connectivity index (χ0v) is 10.1. The molecule has 0 amide bonds. The smallest absolute Gasteiger partial charge is 0.303 e. The van der Waals surface area contributed by atoms with Crippen LogP contribution in [0.15, 0.2) is 36.9 Å². The van der Waals surface area contributed by atoms with Crippen LogP contribution in [0.3, 0.4) is 0 Å². The van der Waals surface area contributed by atoms with E-state index in [4.69, 9.17) is 4.74 Å². The molecule has 0 radical (unpaired) electrons. The lowest BCUT2D eigenvalue weighted by molar-refractivity contribution is -0.144. The molecule has 0 spiro atoms. The number of ether oxygens (including phenoxy) is 1. The number of carbonyl (C=O) groups is 1. The Kier molecular flexibility index (Phi) is 4.29. The van der Waals surface area contributed by atoms with E-state index in [0.29, 0.717) is 5.92 Å². The number of hydrogen-bond donors (Lipinski definition) is 0. The molecule has 1 atom stereocenters. The largest absolute Gasteiger partial charge is 0.453 e. The summed E-state index contributed by atoms with van der Waals surface area (Å²) >= 11 is 0. The van der Waals surface area contributed by atoms with Crippen molar-refractivity contribution in [2.24, 2.45) is 0 Å². The van der Waals surface area contributed by atoms with Gasteiger partial charge in [-0.1, -0.05) is 44.7 Å². The van der Waals surface area contributed by atoms with Crippen LogP contribution in [0, 0.1) is 0 Å². The Labute approximate surface area is 96.9 Å².